The number of nitrogens with zero attached hydrogens (tertiary/aromatic N) is 1. The zero-order valence-electron chi connectivity index (χ0n) is 11.1. The molecule has 0 fully saturated rings. The number of carbonyl (C=O) groups is 1. The fraction of sp³-hybridized carbons (Fsp3) is 0.125. The number of benzene rings is 2. The van der Waals surface area contributed by atoms with Gasteiger partial charge in [0.2, 0.25) is 0 Å². The minimum Gasteiger partial charge on any atom is -0.507 e. The van der Waals surface area contributed by atoms with E-state index < -0.39 is 5.97 Å². The van der Waals surface area contributed by atoms with E-state index in [1.54, 1.807) is 19.2 Å². The Hall–Kier alpha value is -2.62. The average Bonchev–Trinajstić information content (AvgIpc) is 2.47. The summed E-state index contributed by atoms with van der Waals surface area (Å²) in [5.41, 5.74) is 1.66. The maximum Gasteiger partial charge on any atom is 0.341 e. The number of ether oxygens (including phenoxy) is 1. The highest BCUT2D eigenvalue weighted by atomic mass is 16.5. The van der Waals surface area contributed by atoms with Crippen molar-refractivity contribution >= 4 is 17.9 Å². The molecule has 0 unspecified atom stereocenters. The number of aromatic hydroxyl groups is 1. The van der Waals surface area contributed by atoms with Crippen LogP contribution < -0.4 is 0 Å². The van der Waals surface area contributed by atoms with Crippen LogP contribution in [0.4, 0.5) is 5.69 Å². The van der Waals surface area contributed by atoms with E-state index in [0.717, 1.165) is 5.56 Å². The first-order valence-electron chi connectivity index (χ1n) is 6.30. The second-order valence-corrected chi connectivity index (χ2v) is 4.09. The zero-order valence-corrected chi connectivity index (χ0v) is 11.1. The Morgan fingerprint density at radius 1 is 1.25 bits per heavy atom. The summed E-state index contributed by atoms with van der Waals surface area (Å²) in [4.78, 5) is 15.9. The van der Waals surface area contributed by atoms with Gasteiger partial charge in [-0.2, -0.15) is 0 Å². The molecule has 102 valence electrons. The van der Waals surface area contributed by atoms with Crippen LogP contribution in [-0.4, -0.2) is 23.9 Å². The number of hydrogen-bond acceptors (Lipinski definition) is 4. The number of esters is 1. The molecule has 0 amide bonds. The van der Waals surface area contributed by atoms with Crippen LogP contribution in [0.2, 0.25) is 0 Å². The number of hydrogen-bond donors (Lipinski definition) is 1. The lowest BCUT2D eigenvalue weighted by Crippen LogP contribution is -2.04. The number of rotatable bonds is 4. The smallest absolute Gasteiger partial charge is 0.341 e. The van der Waals surface area contributed by atoms with Gasteiger partial charge in [0.1, 0.15) is 11.3 Å². The Labute approximate surface area is 117 Å². The van der Waals surface area contributed by atoms with Crippen LogP contribution in [0.15, 0.2) is 53.5 Å². The minimum absolute atomic E-state index is 0.109. The highest BCUT2D eigenvalue weighted by molar-refractivity contribution is 5.93. The molecule has 4 nitrogen and oxygen atoms in total. The summed E-state index contributed by atoms with van der Waals surface area (Å²) < 4.78 is 4.88. The maximum atomic E-state index is 11.7. The predicted octanol–water partition coefficient (Wildman–Crippen LogP) is 3.32. The third kappa shape index (κ3) is 3.45. The molecule has 0 aliphatic heterocycles. The van der Waals surface area contributed by atoms with Crippen LogP contribution in [0.3, 0.4) is 0 Å². The summed E-state index contributed by atoms with van der Waals surface area (Å²) in [6.07, 6.45) is 1.70. The van der Waals surface area contributed by atoms with Crippen LogP contribution in [0.5, 0.6) is 5.75 Å². The lowest BCUT2D eigenvalue weighted by molar-refractivity contribution is 0.0523. The molecule has 0 aliphatic carbocycles. The van der Waals surface area contributed by atoms with E-state index in [2.05, 4.69) is 4.99 Å². The van der Waals surface area contributed by atoms with Crippen molar-refractivity contribution in [3.8, 4) is 5.75 Å². The first kappa shape index (κ1) is 13.8. The van der Waals surface area contributed by atoms with Crippen molar-refractivity contribution in [2.45, 2.75) is 6.92 Å². The molecule has 0 bridgehead atoms. The third-order valence-electron chi connectivity index (χ3n) is 2.64. The average molecular weight is 269 g/mol. The van der Waals surface area contributed by atoms with E-state index in [9.17, 15) is 9.90 Å². The van der Waals surface area contributed by atoms with Crippen molar-refractivity contribution in [3.05, 3.63) is 59.7 Å². The summed E-state index contributed by atoms with van der Waals surface area (Å²) in [7, 11) is 0. The van der Waals surface area contributed by atoms with Crippen LogP contribution in [0.25, 0.3) is 0 Å². The molecule has 20 heavy (non-hydrogen) atoms. The molecule has 0 aromatic heterocycles. The SMILES string of the molecule is CCOC(=O)c1cc(/N=C/c2ccccc2)ccc1O. The number of carbonyl (C=O) groups excluding carboxylic acids is 1. The van der Waals surface area contributed by atoms with Crippen LogP contribution in [0.1, 0.15) is 22.8 Å². The standard InChI is InChI=1S/C16H15NO3/c1-2-20-16(19)14-10-13(8-9-15(14)18)17-11-12-6-4-3-5-7-12/h3-11,18H,2H2,1H3/b17-11+. The highest BCUT2D eigenvalue weighted by Gasteiger charge is 2.12. The lowest BCUT2D eigenvalue weighted by atomic mass is 10.2. The van der Waals surface area contributed by atoms with Gasteiger partial charge in [-0.05, 0) is 30.7 Å². The third-order valence-corrected chi connectivity index (χ3v) is 2.64. The Balaban J connectivity index is 2.23. The molecule has 2 rings (SSSR count). The van der Waals surface area contributed by atoms with Crippen molar-refractivity contribution in [3.63, 3.8) is 0 Å². The van der Waals surface area contributed by atoms with E-state index in [-0.39, 0.29) is 17.9 Å². The molecule has 4 heteroatoms. The summed E-state index contributed by atoms with van der Waals surface area (Å²) in [5, 5.41) is 9.66. The Bertz CT molecular complexity index is 621. The van der Waals surface area contributed by atoms with Crippen molar-refractivity contribution in [1.29, 1.82) is 0 Å². The molecule has 0 heterocycles. The molecule has 2 aromatic rings. The minimum atomic E-state index is -0.554. The van der Waals surface area contributed by atoms with E-state index in [4.69, 9.17) is 4.74 Å². The molecule has 0 aliphatic rings. The predicted molar refractivity (Wildman–Crippen MR) is 77.8 cm³/mol. The molecule has 0 saturated carbocycles. The summed E-state index contributed by atoms with van der Waals surface area (Å²) in [6.45, 7) is 1.97. The first-order valence-corrected chi connectivity index (χ1v) is 6.30. The molecular weight excluding hydrogens is 254 g/mol. The van der Waals surface area contributed by atoms with E-state index >= 15 is 0 Å². The summed E-state index contributed by atoms with van der Waals surface area (Å²) >= 11 is 0. The number of phenolic OH excluding ortho intramolecular Hbond substituents is 1. The second kappa shape index (κ2) is 6.52. The van der Waals surface area contributed by atoms with Crippen LogP contribution in [-0.2, 0) is 4.74 Å². The number of aliphatic imine (C=N–C) groups is 1. The van der Waals surface area contributed by atoms with Crippen LogP contribution >= 0.6 is 0 Å². The van der Waals surface area contributed by atoms with Gasteiger partial charge in [-0.15, -0.1) is 0 Å². The molecule has 0 radical (unpaired) electrons. The van der Waals surface area contributed by atoms with Gasteiger partial charge in [0.05, 0.1) is 12.3 Å². The quantitative estimate of drug-likeness (QED) is 0.684. The van der Waals surface area contributed by atoms with Crippen molar-refractivity contribution in [2.24, 2.45) is 4.99 Å². The van der Waals surface area contributed by atoms with Gasteiger partial charge in [-0.25, -0.2) is 4.79 Å². The van der Waals surface area contributed by atoms with Gasteiger partial charge >= 0.3 is 5.97 Å². The number of phenols is 1. The van der Waals surface area contributed by atoms with Crippen molar-refractivity contribution < 1.29 is 14.6 Å². The van der Waals surface area contributed by atoms with Gasteiger partial charge in [-0.1, -0.05) is 30.3 Å². The fourth-order valence-electron chi connectivity index (χ4n) is 1.66. The molecular formula is C16H15NO3. The van der Waals surface area contributed by atoms with Crippen molar-refractivity contribution in [1.82, 2.24) is 0 Å². The molecule has 0 saturated heterocycles. The Morgan fingerprint density at radius 3 is 2.70 bits per heavy atom. The fourth-order valence-corrected chi connectivity index (χ4v) is 1.66. The van der Waals surface area contributed by atoms with Gasteiger partial charge < -0.3 is 9.84 Å². The van der Waals surface area contributed by atoms with E-state index in [0.29, 0.717) is 5.69 Å². The largest absolute Gasteiger partial charge is 0.507 e. The molecule has 0 spiro atoms. The van der Waals surface area contributed by atoms with Gasteiger partial charge in [0, 0.05) is 6.21 Å². The topological polar surface area (TPSA) is 58.9 Å². The zero-order chi connectivity index (χ0) is 14.4. The lowest BCUT2D eigenvalue weighted by Gasteiger charge is -2.04. The second-order valence-electron chi connectivity index (χ2n) is 4.09. The molecule has 0 atom stereocenters. The van der Waals surface area contributed by atoms with Crippen molar-refractivity contribution in [2.75, 3.05) is 6.61 Å². The highest BCUT2D eigenvalue weighted by Crippen LogP contribution is 2.24. The Morgan fingerprint density at radius 2 is 2.00 bits per heavy atom. The van der Waals surface area contributed by atoms with Gasteiger partial charge in [0.25, 0.3) is 0 Å². The normalized spacial score (nSPS) is 10.7. The summed E-state index contributed by atoms with van der Waals surface area (Å²) in [6, 6.07) is 14.2. The van der Waals surface area contributed by atoms with Gasteiger partial charge in [-0.3, -0.25) is 4.99 Å². The van der Waals surface area contributed by atoms with E-state index in [1.165, 1.54) is 12.1 Å². The van der Waals surface area contributed by atoms with E-state index in [1.807, 2.05) is 30.3 Å². The summed E-state index contributed by atoms with van der Waals surface area (Å²) in [5.74, 6) is -0.663. The van der Waals surface area contributed by atoms with Crippen LogP contribution in [0, 0.1) is 0 Å². The maximum absolute atomic E-state index is 11.7. The van der Waals surface area contributed by atoms with Gasteiger partial charge in [0.15, 0.2) is 0 Å². The molecule has 2 aromatic carbocycles. The molecule has 1 N–H and O–H groups in total. The monoisotopic (exact) mass is 269 g/mol. The first-order chi connectivity index (χ1) is 9.70. The Kier molecular flexibility index (Phi) is 4.50.